The maximum Gasteiger partial charge on any atom is 0.326 e. The molecule has 0 radical (unpaired) electrons. The van der Waals surface area contributed by atoms with Crippen LogP contribution in [0.2, 0.25) is 0 Å². The number of nitrogens with zero attached hydrogens (tertiary/aromatic N) is 8. The molecule has 580 valence electrons. The third-order valence-corrected chi connectivity index (χ3v) is 20.6. The summed E-state index contributed by atoms with van der Waals surface area (Å²) >= 11 is 0. The lowest BCUT2D eigenvalue weighted by Gasteiger charge is -2.37. The number of ether oxygens (including phenoxy) is 2. The Morgan fingerprint density at radius 1 is 0.500 bits per heavy atom. The summed E-state index contributed by atoms with van der Waals surface area (Å²) in [5.74, 6) is -7.42. The van der Waals surface area contributed by atoms with Gasteiger partial charge in [-0.25, -0.2) is 19.0 Å². The minimum atomic E-state index is -1.54. The number of carbonyl (C=O) groups excluding carboxylic acids is 8. The Labute approximate surface area is 636 Å². The Hall–Kier alpha value is -11.7. The van der Waals surface area contributed by atoms with Crippen LogP contribution in [-0.4, -0.2) is 197 Å². The van der Waals surface area contributed by atoms with Gasteiger partial charge in [0.1, 0.15) is 84.4 Å². The third-order valence-electron chi connectivity index (χ3n) is 20.6. The molecule has 0 unspecified atom stereocenters. The van der Waals surface area contributed by atoms with Crippen LogP contribution in [-0.2, 0) is 86.8 Å². The molecule has 6 aliphatic heterocycles. The number of fused-ring (bicyclic) bond motifs is 2. The summed E-state index contributed by atoms with van der Waals surface area (Å²) < 4.78 is 15.3. The zero-order valence-corrected chi connectivity index (χ0v) is 63.2. The zero-order chi connectivity index (χ0) is 78.9. The van der Waals surface area contributed by atoms with Gasteiger partial charge in [-0.05, 0) is 120 Å². The number of aromatic nitrogens is 6. The SMILES string of the molecule is CN[C@@H](C)C(=O)N[C@H](C(=O)N1CC[C@@H]2[C@H]1C(=O)N[C@@H](Cc1ccc3ccccc3c1)C(=O)N[C@H](C(=O)O)Cc1ccc(cc1)OCc1cn(nn1)[C@@H]1CCN(C(=O)[C@@H](NC(=O)[C@H](C)NC)C(C)(C)C)[C@@H]1C(=O)N[C@@H](Cc1ccc3ccccc3c1)C(=O)N[C@H](C(=O)O)Cc1ccc(cc1)OCc1cn2nn1)C(C)(C)C. The van der Waals surface area contributed by atoms with E-state index >= 15 is 28.8 Å². The van der Waals surface area contributed by atoms with E-state index in [1.807, 2.05) is 84.9 Å². The Bertz CT molecular complexity index is 4410. The second kappa shape index (κ2) is 34.3. The number of hydrogen-bond donors (Lipinski definition) is 10. The van der Waals surface area contributed by atoms with Crippen LogP contribution in [0.15, 0.2) is 146 Å². The molecule has 10 N–H and O–H groups in total. The highest BCUT2D eigenvalue weighted by molar-refractivity contribution is 5.99. The van der Waals surface area contributed by atoms with Crippen molar-refractivity contribution in [3.05, 3.63) is 179 Å². The van der Waals surface area contributed by atoms with Crippen molar-refractivity contribution in [2.45, 2.75) is 180 Å². The molecule has 30 nitrogen and oxygen atoms in total. The highest BCUT2D eigenvalue weighted by Gasteiger charge is 2.51. The number of carboxylic acids is 2. The lowest BCUT2D eigenvalue weighted by Crippen LogP contribution is -2.61. The monoisotopic (exact) mass is 1500 g/mol. The number of carboxylic acid groups (broad SMARTS) is 2. The van der Waals surface area contributed by atoms with Gasteiger partial charge < -0.3 is 72.0 Å². The predicted molar refractivity (Wildman–Crippen MR) is 405 cm³/mol. The molecule has 14 rings (SSSR count). The molecule has 8 bridgehead atoms. The molecule has 0 aliphatic carbocycles. The minimum Gasteiger partial charge on any atom is -0.487 e. The van der Waals surface area contributed by atoms with E-state index in [0.29, 0.717) is 45.1 Å². The van der Waals surface area contributed by atoms with E-state index in [1.54, 1.807) is 130 Å². The van der Waals surface area contributed by atoms with Gasteiger partial charge >= 0.3 is 11.9 Å². The van der Waals surface area contributed by atoms with E-state index in [1.165, 1.54) is 19.2 Å². The van der Waals surface area contributed by atoms with Gasteiger partial charge in [-0.15, -0.1) is 10.2 Å². The topological polar surface area (TPSA) is 394 Å². The Balaban J connectivity index is 0.941. The smallest absolute Gasteiger partial charge is 0.326 e. The van der Waals surface area contributed by atoms with E-state index in [-0.39, 0.29) is 64.8 Å². The first-order valence-electron chi connectivity index (χ1n) is 36.9. The first kappa shape index (κ1) is 79.4. The van der Waals surface area contributed by atoms with Crippen LogP contribution in [0.5, 0.6) is 11.5 Å². The largest absolute Gasteiger partial charge is 0.487 e. The van der Waals surface area contributed by atoms with Gasteiger partial charge in [0.15, 0.2) is 0 Å². The number of hydrogen-bond acceptors (Lipinski definition) is 18. The van der Waals surface area contributed by atoms with Crippen molar-refractivity contribution in [3.8, 4) is 11.5 Å². The van der Waals surface area contributed by atoms with E-state index in [0.717, 1.165) is 21.5 Å². The summed E-state index contributed by atoms with van der Waals surface area (Å²) in [6, 6.07) is 24.9. The average Bonchev–Trinajstić information content (AvgIpc) is 1.62. The third kappa shape index (κ3) is 19.1. The fourth-order valence-corrected chi connectivity index (χ4v) is 14.1. The maximum absolute atomic E-state index is 15.6. The summed E-state index contributed by atoms with van der Waals surface area (Å²) in [7, 11) is 3.22. The predicted octanol–water partition coefficient (Wildman–Crippen LogP) is 4.29. The summed E-state index contributed by atoms with van der Waals surface area (Å²) in [5, 5.41) is 65.7. The van der Waals surface area contributed by atoms with E-state index in [9.17, 15) is 29.4 Å². The Morgan fingerprint density at radius 3 is 1.21 bits per heavy atom. The highest BCUT2D eigenvalue weighted by Crippen LogP contribution is 2.35. The molecule has 6 aliphatic rings. The van der Waals surface area contributed by atoms with Crippen LogP contribution in [0, 0.1) is 10.8 Å². The van der Waals surface area contributed by atoms with Crippen LogP contribution >= 0.6 is 0 Å². The normalized spacial score (nSPS) is 21.7. The van der Waals surface area contributed by atoms with Gasteiger partial charge in [-0.1, -0.05) is 161 Å². The lowest BCUT2D eigenvalue weighted by atomic mass is 9.85. The molecule has 6 aromatic carbocycles. The highest BCUT2D eigenvalue weighted by atomic mass is 16.5. The fourth-order valence-electron chi connectivity index (χ4n) is 14.1. The first-order chi connectivity index (χ1) is 52.4. The number of likely N-dealkylation sites (N-methyl/N-ethyl adjacent to an activating group) is 2. The van der Waals surface area contributed by atoms with Gasteiger partial charge in [0, 0.05) is 38.8 Å². The van der Waals surface area contributed by atoms with Crippen LogP contribution < -0.4 is 52.0 Å². The molecule has 110 heavy (non-hydrogen) atoms. The van der Waals surface area contributed by atoms with Gasteiger partial charge in [-0.3, -0.25) is 38.4 Å². The number of carbonyl (C=O) groups is 10. The summed E-state index contributed by atoms with van der Waals surface area (Å²) in [6.07, 6.45) is 2.74. The number of rotatable bonds is 14. The van der Waals surface area contributed by atoms with Crippen molar-refractivity contribution in [3.63, 3.8) is 0 Å². The van der Waals surface area contributed by atoms with Crippen molar-refractivity contribution < 1.29 is 67.6 Å². The molecule has 0 saturated carbocycles. The summed E-state index contributed by atoms with van der Waals surface area (Å²) in [5.41, 5.74) is 1.01. The van der Waals surface area contributed by atoms with Crippen LogP contribution in [0.3, 0.4) is 0 Å². The molecule has 0 spiro atoms. The number of nitrogens with one attached hydrogen (secondary N) is 8. The van der Waals surface area contributed by atoms with Crippen molar-refractivity contribution in [1.29, 1.82) is 0 Å². The van der Waals surface area contributed by atoms with E-state index in [4.69, 9.17) is 9.47 Å². The van der Waals surface area contributed by atoms with Crippen molar-refractivity contribution in [1.82, 2.24) is 82.3 Å². The first-order valence-corrected chi connectivity index (χ1v) is 36.9. The molecule has 8 aromatic rings. The maximum atomic E-state index is 15.6. The summed E-state index contributed by atoms with van der Waals surface area (Å²) in [6.45, 7) is 13.7. The quantitative estimate of drug-likeness (QED) is 0.0726. The van der Waals surface area contributed by atoms with Crippen molar-refractivity contribution >= 4 is 80.7 Å². The summed E-state index contributed by atoms with van der Waals surface area (Å²) in [4.78, 5) is 148. The second-order valence-electron chi connectivity index (χ2n) is 30.6. The fraction of sp³-hybridized carbons (Fsp3) is 0.425. The number of likely N-dealkylation sites (tertiary alicyclic amines) is 2. The molecule has 2 saturated heterocycles. The molecule has 2 fully saturated rings. The lowest BCUT2D eigenvalue weighted by molar-refractivity contribution is -0.145. The standard InChI is InChI=1S/C80H96N16O14/c1-45(81-9)69(97)87-67(79(3,4)5)75(103)93-33-31-63-65(93)73(101)83-59(39-49-19-25-51-15-11-13-17-53(51)35-49)71(99)85-61(77(105)106)37-47-23-29-58(30-24-47)110-44-56-42-96(92-90-56)64-32-34-94(76(104)68(80(6,7)8)88-70(98)46(2)82-10)66(64)74(102)84-60(40-50-20-26-52-16-12-14-18-54(52)36-50)72(100)86-62(78(107)108)38-48-21-27-57(28-22-48)109-43-55-41-95(63)91-89-55/h11-30,35-36,41-42,45-46,59-68,81-82H,31-34,37-40,43-44H2,1-10H3,(H,83,101)(H,84,102)(H,85,99)(H,86,100)(H,87,97)(H,88,98)(H,105,106)(H,107,108)/t45-,46-,59-,60-,61-,62-,63+,64+,65-,66-,67+,68+/m0/s1. The molecule has 12 atom stereocenters. The molecule has 30 heteroatoms. The number of benzene rings is 6. The average molecular weight is 1510 g/mol. The van der Waals surface area contributed by atoms with Gasteiger partial charge in [-0.2, -0.15) is 0 Å². The molecular formula is C80H96N16O14. The molecule has 8 heterocycles. The Morgan fingerprint density at radius 2 is 0.864 bits per heavy atom. The zero-order valence-electron chi connectivity index (χ0n) is 63.2. The van der Waals surface area contributed by atoms with Gasteiger partial charge in [0.2, 0.25) is 47.3 Å². The van der Waals surface area contributed by atoms with Crippen molar-refractivity contribution in [2.24, 2.45) is 10.8 Å². The van der Waals surface area contributed by atoms with E-state index in [2.05, 4.69) is 63.2 Å². The van der Waals surface area contributed by atoms with Crippen LogP contribution in [0.25, 0.3) is 21.5 Å². The van der Waals surface area contributed by atoms with E-state index < -0.39 is 143 Å². The van der Waals surface area contributed by atoms with Gasteiger partial charge in [0.05, 0.1) is 36.6 Å². The Kier molecular flexibility index (Phi) is 24.7. The number of aliphatic carboxylic acids is 2. The molecule has 2 aromatic heterocycles. The second-order valence-corrected chi connectivity index (χ2v) is 30.6. The molecule has 8 amide bonds. The van der Waals surface area contributed by atoms with Crippen molar-refractivity contribution in [2.75, 3.05) is 27.2 Å². The van der Waals surface area contributed by atoms with Crippen LogP contribution in [0.1, 0.15) is 114 Å². The van der Waals surface area contributed by atoms with Crippen LogP contribution in [0.4, 0.5) is 0 Å². The number of amides is 8. The minimum absolute atomic E-state index is 0.00483. The van der Waals surface area contributed by atoms with Gasteiger partial charge in [0.25, 0.3) is 0 Å². The molecular weight excluding hydrogens is 1410 g/mol.